The molecule has 0 amide bonds. The number of nitrogens with zero attached hydrogens (tertiary/aromatic N) is 2. The van der Waals surface area contributed by atoms with Gasteiger partial charge in [0, 0.05) is 10.9 Å². The largest absolute Gasteiger partial charge is 0.507 e. The highest BCUT2D eigenvalue weighted by Gasteiger charge is 2.04. The summed E-state index contributed by atoms with van der Waals surface area (Å²) < 4.78 is 5.16. The third-order valence-corrected chi connectivity index (χ3v) is 4.10. The number of nitrogens with two attached hydrogens (primary N) is 1. The molecule has 0 saturated heterocycles. The molecular weight excluding hydrogens is 324 g/mol. The molecule has 1 heterocycles. The monoisotopic (exact) mass is 340 g/mol. The summed E-state index contributed by atoms with van der Waals surface area (Å²) in [7, 11) is 1.63. The smallest absolute Gasteiger partial charge is 0.205 e. The van der Waals surface area contributed by atoms with Gasteiger partial charge in [0.05, 0.1) is 13.3 Å². The fourth-order valence-electron chi connectivity index (χ4n) is 2.12. The van der Waals surface area contributed by atoms with E-state index in [1.807, 2.05) is 36.4 Å². The number of nitrogen functional groups attached to an aromatic ring is 1. The maximum Gasteiger partial charge on any atom is 0.205 e. The number of phenolic OH excluding ortho intramolecular Hbond substituents is 1. The number of hydrogen-bond acceptors (Lipinski definition) is 7. The second kappa shape index (κ2) is 7.01. The van der Waals surface area contributed by atoms with Gasteiger partial charge in [-0.05, 0) is 35.4 Å². The van der Waals surface area contributed by atoms with E-state index < -0.39 is 0 Å². The van der Waals surface area contributed by atoms with E-state index in [1.165, 1.54) is 11.3 Å². The quantitative estimate of drug-likeness (QED) is 0.488. The molecule has 7 heteroatoms. The predicted molar refractivity (Wildman–Crippen MR) is 97.8 cm³/mol. The number of thiazole rings is 1. The van der Waals surface area contributed by atoms with E-state index in [1.54, 1.807) is 24.8 Å². The number of aromatic hydroxyl groups is 1. The molecule has 2 aromatic carbocycles. The third kappa shape index (κ3) is 3.64. The molecule has 0 atom stereocenters. The van der Waals surface area contributed by atoms with Gasteiger partial charge in [-0.2, -0.15) is 5.10 Å². The van der Waals surface area contributed by atoms with Crippen LogP contribution in [0, 0.1) is 0 Å². The van der Waals surface area contributed by atoms with E-state index in [2.05, 4.69) is 15.5 Å². The van der Waals surface area contributed by atoms with Crippen molar-refractivity contribution in [3.8, 4) is 22.6 Å². The van der Waals surface area contributed by atoms with Crippen LogP contribution in [0.15, 0.2) is 52.9 Å². The number of hydrogen-bond donors (Lipinski definition) is 3. The Morgan fingerprint density at radius 3 is 2.62 bits per heavy atom. The van der Waals surface area contributed by atoms with Gasteiger partial charge in [0.25, 0.3) is 0 Å². The van der Waals surface area contributed by atoms with Gasteiger partial charge in [-0.3, -0.25) is 5.43 Å². The van der Waals surface area contributed by atoms with Crippen LogP contribution in [0.3, 0.4) is 0 Å². The summed E-state index contributed by atoms with van der Waals surface area (Å²) in [5, 5.41) is 16.4. The molecule has 1 aromatic heterocycles. The second-order valence-corrected chi connectivity index (χ2v) is 5.81. The van der Waals surface area contributed by atoms with Crippen LogP contribution in [0.25, 0.3) is 11.1 Å². The molecule has 122 valence electrons. The van der Waals surface area contributed by atoms with E-state index in [9.17, 15) is 5.11 Å². The molecule has 3 aromatic rings. The molecule has 0 spiro atoms. The third-order valence-electron chi connectivity index (χ3n) is 3.34. The lowest BCUT2D eigenvalue weighted by atomic mass is 10.0. The van der Waals surface area contributed by atoms with Crippen molar-refractivity contribution in [1.82, 2.24) is 4.98 Å². The molecule has 0 radical (unpaired) electrons. The molecule has 0 aliphatic heterocycles. The normalized spacial score (nSPS) is 10.9. The van der Waals surface area contributed by atoms with Gasteiger partial charge >= 0.3 is 0 Å². The number of methoxy groups -OCH3 is 1. The van der Waals surface area contributed by atoms with Crippen LogP contribution in [0.5, 0.6) is 11.5 Å². The number of nitrogens with one attached hydrogen (secondary N) is 1. The molecular formula is C17H16N4O2S. The van der Waals surface area contributed by atoms with Crippen LogP contribution in [0.2, 0.25) is 0 Å². The summed E-state index contributed by atoms with van der Waals surface area (Å²) in [6, 6.07) is 13.1. The minimum Gasteiger partial charge on any atom is -0.507 e. The summed E-state index contributed by atoms with van der Waals surface area (Å²) in [5.41, 5.74) is 10.9. The van der Waals surface area contributed by atoms with Crippen molar-refractivity contribution in [3.05, 3.63) is 53.4 Å². The van der Waals surface area contributed by atoms with Gasteiger partial charge in [-0.15, -0.1) is 11.3 Å². The van der Waals surface area contributed by atoms with E-state index >= 15 is 0 Å². The van der Waals surface area contributed by atoms with E-state index in [0.717, 1.165) is 16.9 Å². The highest BCUT2D eigenvalue weighted by atomic mass is 32.1. The molecule has 0 unspecified atom stereocenters. The lowest BCUT2D eigenvalue weighted by molar-refractivity contribution is 0.415. The van der Waals surface area contributed by atoms with Crippen LogP contribution in [-0.2, 0) is 0 Å². The number of ether oxygens (including phenoxy) is 1. The Morgan fingerprint density at radius 2 is 1.96 bits per heavy atom. The van der Waals surface area contributed by atoms with Gasteiger partial charge in [0.2, 0.25) is 5.13 Å². The minimum absolute atomic E-state index is 0.150. The van der Waals surface area contributed by atoms with Crippen LogP contribution in [0.1, 0.15) is 5.56 Å². The first-order valence-corrected chi connectivity index (χ1v) is 8.01. The van der Waals surface area contributed by atoms with Crippen LogP contribution in [-0.4, -0.2) is 23.4 Å². The average Bonchev–Trinajstić information content (AvgIpc) is 3.02. The number of rotatable bonds is 5. The zero-order chi connectivity index (χ0) is 16.9. The van der Waals surface area contributed by atoms with Crippen molar-refractivity contribution in [3.63, 3.8) is 0 Å². The fraction of sp³-hybridized carbons (Fsp3) is 0.0588. The maximum atomic E-state index is 9.99. The molecule has 0 aliphatic rings. The van der Waals surface area contributed by atoms with Crippen molar-refractivity contribution >= 4 is 28.5 Å². The van der Waals surface area contributed by atoms with E-state index in [4.69, 9.17) is 10.5 Å². The topological polar surface area (TPSA) is 92.8 Å². The number of phenols is 1. The van der Waals surface area contributed by atoms with Crippen molar-refractivity contribution in [2.45, 2.75) is 0 Å². The Labute approximate surface area is 143 Å². The average molecular weight is 340 g/mol. The van der Waals surface area contributed by atoms with Crippen molar-refractivity contribution in [2.24, 2.45) is 5.10 Å². The Morgan fingerprint density at radius 1 is 1.21 bits per heavy atom. The SMILES string of the molecule is COc1ccc(-c2ccc(O)c(C=NNc3nc(N)cs3)c2)cc1. The lowest BCUT2D eigenvalue weighted by Crippen LogP contribution is -1.92. The highest BCUT2D eigenvalue weighted by Crippen LogP contribution is 2.26. The first-order chi connectivity index (χ1) is 11.7. The Hall–Kier alpha value is -3.06. The fourth-order valence-corrected chi connectivity index (χ4v) is 2.66. The lowest BCUT2D eigenvalue weighted by Gasteiger charge is -2.06. The number of benzene rings is 2. The molecule has 3 rings (SSSR count). The Kier molecular flexibility index (Phi) is 4.62. The van der Waals surface area contributed by atoms with Gasteiger partial charge < -0.3 is 15.6 Å². The van der Waals surface area contributed by atoms with Crippen LogP contribution >= 0.6 is 11.3 Å². The number of hydrazone groups is 1. The Balaban J connectivity index is 1.80. The predicted octanol–water partition coefficient (Wildman–Crippen LogP) is 3.55. The standard InChI is InChI=1S/C17H16N4O2S/c1-23-14-5-2-11(3-6-14)12-4-7-15(22)13(8-12)9-19-21-17-20-16(18)10-24-17/h2-10,22H,18H2,1H3,(H,20,21). The summed E-state index contributed by atoms with van der Waals surface area (Å²) in [6.45, 7) is 0. The van der Waals surface area contributed by atoms with Gasteiger partial charge in [0.15, 0.2) is 0 Å². The number of anilines is 2. The second-order valence-electron chi connectivity index (χ2n) is 4.95. The molecule has 0 saturated carbocycles. The molecule has 4 N–H and O–H groups in total. The molecule has 0 bridgehead atoms. The van der Waals surface area contributed by atoms with Crippen LogP contribution < -0.4 is 15.9 Å². The van der Waals surface area contributed by atoms with Crippen LogP contribution in [0.4, 0.5) is 10.9 Å². The number of aromatic nitrogens is 1. The summed E-state index contributed by atoms with van der Waals surface area (Å²) in [6.07, 6.45) is 1.54. The van der Waals surface area contributed by atoms with E-state index in [0.29, 0.717) is 16.5 Å². The van der Waals surface area contributed by atoms with E-state index in [-0.39, 0.29) is 5.75 Å². The first kappa shape index (κ1) is 15.8. The van der Waals surface area contributed by atoms with Gasteiger partial charge in [-0.25, -0.2) is 4.98 Å². The highest BCUT2D eigenvalue weighted by molar-refractivity contribution is 7.14. The summed E-state index contributed by atoms with van der Waals surface area (Å²) in [5.74, 6) is 1.39. The molecule has 0 aliphatic carbocycles. The minimum atomic E-state index is 0.150. The van der Waals surface area contributed by atoms with Crippen molar-refractivity contribution < 1.29 is 9.84 Å². The van der Waals surface area contributed by atoms with Crippen molar-refractivity contribution in [1.29, 1.82) is 0 Å². The Bertz CT molecular complexity index is 859. The maximum absolute atomic E-state index is 9.99. The molecule has 0 fully saturated rings. The zero-order valence-electron chi connectivity index (χ0n) is 12.9. The molecule has 6 nitrogen and oxygen atoms in total. The molecule has 24 heavy (non-hydrogen) atoms. The van der Waals surface area contributed by atoms with Gasteiger partial charge in [0.1, 0.15) is 17.3 Å². The van der Waals surface area contributed by atoms with Gasteiger partial charge in [-0.1, -0.05) is 18.2 Å². The summed E-state index contributed by atoms with van der Waals surface area (Å²) in [4.78, 5) is 4.04. The summed E-state index contributed by atoms with van der Waals surface area (Å²) >= 11 is 1.36. The van der Waals surface area contributed by atoms with Crippen molar-refractivity contribution in [2.75, 3.05) is 18.3 Å². The zero-order valence-corrected chi connectivity index (χ0v) is 13.7. The first-order valence-electron chi connectivity index (χ1n) is 7.13.